The number of amides is 1. The second-order valence-electron chi connectivity index (χ2n) is 6.01. The Bertz CT molecular complexity index is 539. The van der Waals surface area contributed by atoms with Crippen LogP contribution in [0.4, 0.5) is 0 Å². The third-order valence-corrected chi connectivity index (χ3v) is 5.58. The molecule has 3 rings (SSSR count). The van der Waals surface area contributed by atoms with Crippen molar-refractivity contribution in [2.24, 2.45) is 17.8 Å². The van der Waals surface area contributed by atoms with E-state index in [9.17, 15) is 14.7 Å². The smallest absolute Gasteiger partial charge is 0.307 e. The molecule has 1 fully saturated rings. The number of thiophene rings is 1. The number of carboxylic acid groups (broad SMARTS) is 1. The highest BCUT2D eigenvalue weighted by atomic mass is 32.1. The summed E-state index contributed by atoms with van der Waals surface area (Å²) in [6.07, 6.45) is 2.24. The van der Waals surface area contributed by atoms with Gasteiger partial charge in [0, 0.05) is 18.0 Å². The van der Waals surface area contributed by atoms with Gasteiger partial charge in [0.05, 0.1) is 11.8 Å². The van der Waals surface area contributed by atoms with Gasteiger partial charge in [0.25, 0.3) is 0 Å². The first-order chi connectivity index (χ1) is 9.56. The van der Waals surface area contributed by atoms with Crippen LogP contribution in [0.15, 0.2) is 11.4 Å². The van der Waals surface area contributed by atoms with Gasteiger partial charge in [-0.2, -0.15) is 0 Å². The summed E-state index contributed by atoms with van der Waals surface area (Å²) in [5, 5.41) is 11.4. The Labute approximate surface area is 122 Å². The maximum absolute atomic E-state index is 12.7. The minimum absolute atomic E-state index is 0.0404. The van der Waals surface area contributed by atoms with Gasteiger partial charge >= 0.3 is 5.97 Å². The Kier molecular flexibility index (Phi) is 3.54. The van der Waals surface area contributed by atoms with E-state index in [-0.39, 0.29) is 11.8 Å². The maximum atomic E-state index is 12.7. The van der Waals surface area contributed by atoms with Crippen LogP contribution in [0.25, 0.3) is 0 Å². The molecule has 3 unspecified atom stereocenters. The van der Waals surface area contributed by atoms with Crippen LogP contribution in [0, 0.1) is 17.8 Å². The summed E-state index contributed by atoms with van der Waals surface area (Å²) in [7, 11) is 0. The monoisotopic (exact) mass is 293 g/mol. The van der Waals surface area contributed by atoms with Gasteiger partial charge < -0.3 is 10.0 Å². The van der Waals surface area contributed by atoms with Gasteiger partial charge in [0.15, 0.2) is 0 Å². The van der Waals surface area contributed by atoms with Crippen molar-refractivity contribution in [3.05, 3.63) is 21.9 Å². The molecule has 1 aromatic heterocycles. The van der Waals surface area contributed by atoms with Gasteiger partial charge in [-0.05, 0) is 42.2 Å². The first-order valence-corrected chi connectivity index (χ1v) is 8.01. The molecule has 0 saturated heterocycles. The van der Waals surface area contributed by atoms with E-state index in [1.807, 2.05) is 11.8 Å². The summed E-state index contributed by atoms with van der Waals surface area (Å²) in [6.45, 7) is 3.41. The highest BCUT2D eigenvalue weighted by Crippen LogP contribution is 2.38. The average molecular weight is 293 g/mol. The summed E-state index contributed by atoms with van der Waals surface area (Å²) in [6, 6.07) is 2.07. The van der Waals surface area contributed by atoms with E-state index in [0.717, 1.165) is 13.0 Å². The Morgan fingerprint density at radius 1 is 1.35 bits per heavy atom. The summed E-state index contributed by atoms with van der Waals surface area (Å²) < 4.78 is 0. The van der Waals surface area contributed by atoms with E-state index < -0.39 is 11.9 Å². The first-order valence-electron chi connectivity index (χ1n) is 7.13. The number of carbonyl (C=O) groups is 2. The van der Waals surface area contributed by atoms with Crippen molar-refractivity contribution < 1.29 is 14.7 Å². The molecule has 1 aliphatic carbocycles. The highest BCUT2D eigenvalue weighted by molar-refractivity contribution is 7.10. The van der Waals surface area contributed by atoms with Gasteiger partial charge in [-0.25, -0.2) is 0 Å². The largest absolute Gasteiger partial charge is 0.481 e. The molecule has 0 radical (unpaired) electrons. The van der Waals surface area contributed by atoms with E-state index >= 15 is 0 Å². The molecule has 2 aliphatic rings. The van der Waals surface area contributed by atoms with Crippen molar-refractivity contribution in [1.82, 2.24) is 4.90 Å². The van der Waals surface area contributed by atoms with Crippen molar-refractivity contribution >= 4 is 23.2 Å². The van der Waals surface area contributed by atoms with Crippen molar-refractivity contribution in [3.8, 4) is 0 Å². The van der Waals surface area contributed by atoms with Gasteiger partial charge in [0.2, 0.25) is 5.91 Å². The second-order valence-corrected chi connectivity index (χ2v) is 7.01. The van der Waals surface area contributed by atoms with E-state index in [0.29, 0.717) is 25.3 Å². The molecule has 1 N–H and O–H groups in total. The minimum atomic E-state index is -0.819. The van der Waals surface area contributed by atoms with Crippen LogP contribution in [0.5, 0.6) is 0 Å². The molecule has 0 aromatic carbocycles. The van der Waals surface area contributed by atoms with Gasteiger partial charge in [-0.1, -0.05) is 6.92 Å². The normalized spacial score (nSPS) is 29.2. The number of carboxylic acids is 1. The second kappa shape index (κ2) is 5.20. The predicted octanol–water partition coefficient (Wildman–Crippen LogP) is 2.38. The minimum Gasteiger partial charge on any atom is -0.481 e. The van der Waals surface area contributed by atoms with Crippen LogP contribution in [-0.4, -0.2) is 28.4 Å². The zero-order valence-corrected chi connectivity index (χ0v) is 12.4. The average Bonchev–Trinajstić information content (AvgIpc) is 3.02. The van der Waals surface area contributed by atoms with Gasteiger partial charge in [0.1, 0.15) is 0 Å². The van der Waals surface area contributed by atoms with E-state index in [2.05, 4.69) is 11.4 Å². The molecule has 0 spiro atoms. The standard InChI is InChI=1S/C15H19NO3S/c1-9-6-11(12(7-9)15(18)19)14(17)16-4-2-13-10(8-16)3-5-20-13/h3,5,9,11-12H,2,4,6-8H2,1H3,(H,18,19). The third kappa shape index (κ3) is 2.35. The molecule has 1 aliphatic heterocycles. The molecule has 1 amide bonds. The number of aliphatic carboxylic acids is 1. The Hall–Kier alpha value is -1.36. The molecule has 1 saturated carbocycles. The fourth-order valence-electron chi connectivity index (χ4n) is 3.51. The SMILES string of the molecule is CC1CC(C(=O)O)C(C(=O)N2CCc3sccc3C2)C1. The van der Waals surface area contributed by atoms with Crippen LogP contribution >= 0.6 is 11.3 Å². The van der Waals surface area contributed by atoms with E-state index in [1.54, 1.807) is 11.3 Å². The van der Waals surface area contributed by atoms with Crippen LogP contribution in [0.3, 0.4) is 0 Å². The Balaban J connectivity index is 1.74. The number of carbonyl (C=O) groups excluding carboxylic acids is 1. The molecule has 20 heavy (non-hydrogen) atoms. The summed E-state index contributed by atoms with van der Waals surface area (Å²) in [5.41, 5.74) is 1.23. The molecule has 4 nitrogen and oxygen atoms in total. The van der Waals surface area contributed by atoms with Crippen molar-refractivity contribution in [2.45, 2.75) is 32.7 Å². The highest BCUT2D eigenvalue weighted by Gasteiger charge is 2.43. The Morgan fingerprint density at radius 2 is 2.10 bits per heavy atom. The molecular formula is C15H19NO3S. The van der Waals surface area contributed by atoms with Crippen molar-refractivity contribution in [1.29, 1.82) is 0 Å². The number of nitrogens with zero attached hydrogens (tertiary/aromatic N) is 1. The third-order valence-electron chi connectivity index (χ3n) is 4.55. The molecule has 108 valence electrons. The lowest BCUT2D eigenvalue weighted by molar-refractivity contribution is -0.149. The first kappa shape index (κ1) is 13.6. The summed E-state index contributed by atoms with van der Waals surface area (Å²) in [4.78, 5) is 27.2. The van der Waals surface area contributed by atoms with Crippen LogP contribution in [0.2, 0.25) is 0 Å². The van der Waals surface area contributed by atoms with Crippen LogP contribution < -0.4 is 0 Å². The molecule has 2 heterocycles. The lowest BCUT2D eigenvalue weighted by atomic mass is 9.94. The Morgan fingerprint density at radius 3 is 2.85 bits per heavy atom. The lowest BCUT2D eigenvalue weighted by Crippen LogP contribution is -2.41. The van der Waals surface area contributed by atoms with Crippen LogP contribution in [0.1, 0.15) is 30.2 Å². The molecule has 1 aromatic rings. The van der Waals surface area contributed by atoms with Crippen molar-refractivity contribution in [2.75, 3.05) is 6.54 Å². The number of hydrogen-bond acceptors (Lipinski definition) is 3. The lowest BCUT2D eigenvalue weighted by Gasteiger charge is -2.30. The summed E-state index contributed by atoms with van der Waals surface area (Å²) in [5.74, 6) is -1.28. The molecule has 3 atom stereocenters. The zero-order chi connectivity index (χ0) is 14.3. The zero-order valence-electron chi connectivity index (χ0n) is 11.5. The van der Waals surface area contributed by atoms with Gasteiger partial charge in [-0.3, -0.25) is 9.59 Å². The van der Waals surface area contributed by atoms with Crippen LogP contribution in [-0.2, 0) is 22.6 Å². The van der Waals surface area contributed by atoms with Gasteiger partial charge in [-0.15, -0.1) is 11.3 Å². The molecular weight excluding hydrogens is 274 g/mol. The fourth-order valence-corrected chi connectivity index (χ4v) is 4.40. The van der Waals surface area contributed by atoms with E-state index in [1.165, 1.54) is 10.4 Å². The predicted molar refractivity (Wildman–Crippen MR) is 76.5 cm³/mol. The van der Waals surface area contributed by atoms with Crippen molar-refractivity contribution in [3.63, 3.8) is 0 Å². The maximum Gasteiger partial charge on any atom is 0.307 e. The number of fused-ring (bicyclic) bond motifs is 1. The number of hydrogen-bond donors (Lipinski definition) is 1. The molecule has 5 heteroatoms. The summed E-state index contributed by atoms with van der Waals surface area (Å²) >= 11 is 1.75. The molecule has 0 bridgehead atoms. The topological polar surface area (TPSA) is 57.6 Å². The quantitative estimate of drug-likeness (QED) is 0.911. The number of rotatable bonds is 2. The van der Waals surface area contributed by atoms with E-state index in [4.69, 9.17) is 0 Å². The fraction of sp³-hybridized carbons (Fsp3) is 0.600.